The molecule has 0 aliphatic heterocycles. The summed E-state index contributed by atoms with van der Waals surface area (Å²) >= 11 is 0. The Bertz CT molecular complexity index is 838. The second kappa shape index (κ2) is 5.60. The first-order valence-electron chi connectivity index (χ1n) is 7.19. The molecule has 1 N–H and O–H groups in total. The van der Waals surface area contributed by atoms with Gasteiger partial charge in [-0.3, -0.25) is 4.79 Å². The van der Waals surface area contributed by atoms with Gasteiger partial charge in [-0.1, -0.05) is 30.3 Å². The Balaban J connectivity index is 2.09. The summed E-state index contributed by atoms with van der Waals surface area (Å²) in [7, 11) is 0. The molecule has 3 rings (SSSR count). The van der Waals surface area contributed by atoms with Gasteiger partial charge in [0.15, 0.2) is 5.65 Å². The van der Waals surface area contributed by atoms with Gasteiger partial charge < -0.3 is 5.11 Å². The summed E-state index contributed by atoms with van der Waals surface area (Å²) in [4.78, 5) is 15.4. The molecule has 2 heterocycles. The molecule has 112 valence electrons. The van der Waals surface area contributed by atoms with E-state index in [0.717, 1.165) is 33.9 Å². The lowest BCUT2D eigenvalue weighted by atomic mass is 10.1. The van der Waals surface area contributed by atoms with E-state index in [1.54, 1.807) is 4.52 Å². The fourth-order valence-electron chi connectivity index (χ4n) is 2.67. The molecule has 0 amide bonds. The molecule has 0 bridgehead atoms. The normalized spacial score (nSPS) is 11.0. The second-order valence-corrected chi connectivity index (χ2v) is 5.32. The Morgan fingerprint density at radius 2 is 1.95 bits per heavy atom. The van der Waals surface area contributed by atoms with Crippen LogP contribution in [-0.2, 0) is 11.2 Å². The van der Waals surface area contributed by atoms with Gasteiger partial charge >= 0.3 is 5.97 Å². The van der Waals surface area contributed by atoms with E-state index >= 15 is 0 Å². The molecule has 0 aliphatic carbocycles. The highest BCUT2D eigenvalue weighted by molar-refractivity contribution is 5.67. The zero-order valence-electron chi connectivity index (χ0n) is 12.6. The van der Waals surface area contributed by atoms with Crippen LogP contribution in [0.3, 0.4) is 0 Å². The molecule has 0 spiro atoms. The van der Waals surface area contributed by atoms with Crippen molar-refractivity contribution in [1.82, 2.24) is 14.6 Å². The van der Waals surface area contributed by atoms with Gasteiger partial charge in [0.1, 0.15) is 0 Å². The van der Waals surface area contributed by atoms with Crippen molar-refractivity contribution >= 4 is 11.6 Å². The molecule has 5 heteroatoms. The highest BCUT2D eigenvalue weighted by Gasteiger charge is 2.13. The number of benzene rings is 1. The molecule has 22 heavy (non-hydrogen) atoms. The van der Waals surface area contributed by atoms with Gasteiger partial charge in [0.25, 0.3) is 0 Å². The lowest BCUT2D eigenvalue weighted by Gasteiger charge is -2.09. The molecular weight excluding hydrogens is 278 g/mol. The van der Waals surface area contributed by atoms with Crippen LogP contribution in [0.4, 0.5) is 0 Å². The average Bonchev–Trinajstić information content (AvgIpc) is 2.92. The molecule has 0 atom stereocenters. The van der Waals surface area contributed by atoms with Crippen LogP contribution in [0.1, 0.15) is 23.4 Å². The fourth-order valence-corrected chi connectivity index (χ4v) is 2.67. The summed E-state index contributed by atoms with van der Waals surface area (Å²) in [5.41, 5.74) is 5.46. The van der Waals surface area contributed by atoms with Crippen LogP contribution < -0.4 is 0 Å². The standard InChI is InChI=1S/C17H17N3O2/c1-11-14(8-9-17(21)22)12(2)20-16(18-11)10-15(19-20)13-6-4-3-5-7-13/h3-7,10H,8-9H2,1-2H3,(H,21,22). The molecule has 1 aromatic carbocycles. The number of carboxylic acids is 1. The largest absolute Gasteiger partial charge is 0.481 e. The molecule has 5 nitrogen and oxygen atoms in total. The second-order valence-electron chi connectivity index (χ2n) is 5.32. The topological polar surface area (TPSA) is 67.5 Å². The quantitative estimate of drug-likeness (QED) is 0.803. The number of nitrogens with zero attached hydrogens (tertiary/aromatic N) is 3. The number of fused-ring (bicyclic) bond motifs is 1. The van der Waals surface area contributed by atoms with Crippen molar-refractivity contribution < 1.29 is 9.90 Å². The van der Waals surface area contributed by atoms with Crippen LogP contribution in [0.5, 0.6) is 0 Å². The maximum absolute atomic E-state index is 10.8. The van der Waals surface area contributed by atoms with Crippen LogP contribution in [-0.4, -0.2) is 25.7 Å². The average molecular weight is 295 g/mol. The van der Waals surface area contributed by atoms with Gasteiger partial charge in [-0.15, -0.1) is 0 Å². The van der Waals surface area contributed by atoms with Crippen LogP contribution in [0.25, 0.3) is 16.9 Å². The van der Waals surface area contributed by atoms with E-state index in [4.69, 9.17) is 5.11 Å². The predicted molar refractivity (Wildman–Crippen MR) is 83.9 cm³/mol. The molecule has 0 radical (unpaired) electrons. The number of hydrogen-bond donors (Lipinski definition) is 1. The van der Waals surface area contributed by atoms with Crippen LogP contribution in [0.2, 0.25) is 0 Å². The lowest BCUT2D eigenvalue weighted by Crippen LogP contribution is -2.07. The van der Waals surface area contributed by atoms with Crippen LogP contribution in [0.15, 0.2) is 36.4 Å². The van der Waals surface area contributed by atoms with Crippen molar-refractivity contribution in [1.29, 1.82) is 0 Å². The Kier molecular flexibility index (Phi) is 3.63. The molecule has 0 fully saturated rings. The number of aryl methyl sites for hydroxylation is 2. The van der Waals surface area contributed by atoms with Crippen molar-refractivity contribution in [3.8, 4) is 11.3 Å². The van der Waals surface area contributed by atoms with Crippen molar-refractivity contribution in [2.24, 2.45) is 0 Å². The third kappa shape index (κ3) is 2.57. The van der Waals surface area contributed by atoms with Crippen LogP contribution in [0, 0.1) is 13.8 Å². The van der Waals surface area contributed by atoms with E-state index in [9.17, 15) is 4.79 Å². The summed E-state index contributed by atoms with van der Waals surface area (Å²) in [5, 5.41) is 13.5. The Morgan fingerprint density at radius 1 is 1.23 bits per heavy atom. The van der Waals surface area contributed by atoms with Crippen LogP contribution >= 0.6 is 0 Å². The molecule has 0 unspecified atom stereocenters. The van der Waals surface area contributed by atoms with Gasteiger partial charge in [-0.2, -0.15) is 5.10 Å². The van der Waals surface area contributed by atoms with E-state index < -0.39 is 5.97 Å². The van der Waals surface area contributed by atoms with Gasteiger partial charge in [-0.25, -0.2) is 9.50 Å². The summed E-state index contributed by atoms with van der Waals surface area (Å²) in [5.74, 6) is -0.802. The fraction of sp³-hybridized carbons (Fsp3) is 0.235. The number of rotatable bonds is 4. The smallest absolute Gasteiger partial charge is 0.303 e. The molecule has 0 saturated heterocycles. The van der Waals surface area contributed by atoms with E-state index in [-0.39, 0.29) is 6.42 Å². The first kappa shape index (κ1) is 14.3. The monoisotopic (exact) mass is 295 g/mol. The number of hydrogen-bond acceptors (Lipinski definition) is 3. The molecule has 0 saturated carbocycles. The molecular formula is C17H17N3O2. The Hall–Kier alpha value is -2.69. The summed E-state index contributed by atoms with van der Waals surface area (Å²) in [6.45, 7) is 3.88. The molecule has 2 aromatic heterocycles. The summed E-state index contributed by atoms with van der Waals surface area (Å²) in [6, 6.07) is 11.9. The SMILES string of the molecule is Cc1nc2cc(-c3ccccc3)nn2c(C)c1CCC(=O)O. The Labute approximate surface area is 128 Å². The zero-order chi connectivity index (χ0) is 15.7. The van der Waals surface area contributed by atoms with Crippen molar-refractivity contribution in [2.45, 2.75) is 26.7 Å². The first-order chi connectivity index (χ1) is 10.6. The van der Waals surface area contributed by atoms with Crippen molar-refractivity contribution in [2.75, 3.05) is 0 Å². The maximum atomic E-state index is 10.8. The van der Waals surface area contributed by atoms with E-state index in [1.165, 1.54) is 0 Å². The number of aliphatic carboxylic acids is 1. The maximum Gasteiger partial charge on any atom is 0.303 e. The van der Waals surface area contributed by atoms with Gasteiger partial charge in [0.05, 0.1) is 5.69 Å². The third-order valence-electron chi connectivity index (χ3n) is 3.82. The zero-order valence-corrected chi connectivity index (χ0v) is 12.6. The highest BCUT2D eigenvalue weighted by Crippen LogP contribution is 2.22. The van der Waals surface area contributed by atoms with E-state index in [2.05, 4.69) is 10.1 Å². The van der Waals surface area contributed by atoms with Crippen molar-refractivity contribution in [3.63, 3.8) is 0 Å². The lowest BCUT2D eigenvalue weighted by molar-refractivity contribution is -0.136. The van der Waals surface area contributed by atoms with E-state index in [0.29, 0.717) is 6.42 Å². The predicted octanol–water partition coefficient (Wildman–Crippen LogP) is 3.03. The van der Waals surface area contributed by atoms with Crippen molar-refractivity contribution in [3.05, 3.63) is 53.3 Å². The van der Waals surface area contributed by atoms with Gasteiger partial charge in [0.2, 0.25) is 0 Å². The van der Waals surface area contributed by atoms with Gasteiger partial charge in [-0.05, 0) is 25.8 Å². The summed E-state index contributed by atoms with van der Waals surface area (Å²) < 4.78 is 1.80. The first-order valence-corrected chi connectivity index (χ1v) is 7.19. The number of aromatic nitrogens is 3. The minimum absolute atomic E-state index is 0.0989. The minimum atomic E-state index is -0.802. The third-order valence-corrected chi connectivity index (χ3v) is 3.82. The Morgan fingerprint density at radius 3 is 2.64 bits per heavy atom. The molecule has 0 aliphatic rings. The van der Waals surface area contributed by atoms with E-state index in [1.807, 2.05) is 50.2 Å². The number of carboxylic acid groups (broad SMARTS) is 1. The minimum Gasteiger partial charge on any atom is -0.481 e. The highest BCUT2D eigenvalue weighted by atomic mass is 16.4. The summed E-state index contributed by atoms with van der Waals surface area (Å²) in [6.07, 6.45) is 0.568. The van der Waals surface area contributed by atoms with Gasteiger partial charge in [0, 0.05) is 29.4 Å². The number of carbonyl (C=O) groups is 1. The molecule has 3 aromatic rings.